The molecule has 76 heavy (non-hydrogen) atoms. The number of nitrogens with zero attached hydrogens (tertiary/aromatic N) is 1. The van der Waals surface area contributed by atoms with Crippen LogP contribution in [0.4, 0.5) is 0 Å². The van der Waals surface area contributed by atoms with Gasteiger partial charge in [0, 0.05) is 37.0 Å². The summed E-state index contributed by atoms with van der Waals surface area (Å²) in [5, 5.41) is 2.70. The second-order valence-electron chi connectivity index (χ2n) is 24.4. The molecule has 0 amide bonds. The van der Waals surface area contributed by atoms with Gasteiger partial charge in [-0.3, -0.25) is 9.59 Å². The van der Waals surface area contributed by atoms with Gasteiger partial charge in [0.05, 0.1) is 0 Å². The average Bonchev–Trinajstić information content (AvgIpc) is 3.43. The largest absolute Gasteiger partial charge is 0.461 e. The van der Waals surface area contributed by atoms with Gasteiger partial charge in [0.1, 0.15) is 12.2 Å². The Kier molecular flexibility index (Phi) is 36.2. The molecule has 0 N–H and O–H groups in total. The van der Waals surface area contributed by atoms with E-state index >= 15 is 0 Å². The molecule has 6 nitrogen and oxygen atoms in total. The zero-order valence-corrected chi connectivity index (χ0v) is 52.6. The first-order valence-corrected chi connectivity index (χ1v) is 36.3. The zero-order chi connectivity index (χ0) is 54.4. The predicted octanol–water partition coefficient (Wildman–Crippen LogP) is 18.1. The normalized spacial score (nSPS) is 16.2. The first-order chi connectivity index (χ1) is 37.1. The molecule has 0 spiro atoms. The van der Waals surface area contributed by atoms with Crippen molar-refractivity contribution in [3.8, 4) is 0 Å². The van der Waals surface area contributed by atoms with Gasteiger partial charge in [-0.2, -0.15) is 23.5 Å². The number of unbranched alkanes of at least 4 members (excludes halogenated alkanes) is 11. The van der Waals surface area contributed by atoms with Gasteiger partial charge in [-0.1, -0.05) is 231 Å². The van der Waals surface area contributed by atoms with Crippen molar-refractivity contribution in [3.63, 3.8) is 0 Å². The Labute approximate surface area is 478 Å². The van der Waals surface area contributed by atoms with Gasteiger partial charge in [0.2, 0.25) is 0 Å². The molecule has 0 radical (unpaired) electrons. The number of rotatable bonds is 44. The van der Waals surface area contributed by atoms with Crippen molar-refractivity contribution in [2.24, 2.45) is 11.8 Å². The third-order valence-electron chi connectivity index (χ3n) is 17.1. The van der Waals surface area contributed by atoms with E-state index in [0.29, 0.717) is 18.9 Å². The molecule has 0 aromatic heterocycles. The second-order valence-corrected chi connectivity index (χ2v) is 31.0. The highest BCUT2D eigenvalue weighted by Crippen LogP contribution is 2.37. The number of benzene rings is 2. The molecule has 2 atom stereocenters. The first-order valence-electron chi connectivity index (χ1n) is 32.1. The molecule has 2 aliphatic rings. The van der Waals surface area contributed by atoms with Crippen molar-refractivity contribution >= 4 is 54.2 Å². The van der Waals surface area contributed by atoms with Gasteiger partial charge in [0.25, 0.3) is 8.32 Å². The lowest BCUT2D eigenvalue weighted by Gasteiger charge is -2.43. The summed E-state index contributed by atoms with van der Waals surface area (Å²) in [5.41, 5.74) is 0. The Morgan fingerprint density at radius 2 is 0.987 bits per heavy atom. The fourth-order valence-electron chi connectivity index (χ4n) is 12.5. The van der Waals surface area contributed by atoms with Crippen LogP contribution in [0.1, 0.15) is 260 Å². The van der Waals surface area contributed by atoms with Crippen LogP contribution in [-0.4, -0.2) is 86.1 Å². The Balaban J connectivity index is 1.28. The highest BCUT2D eigenvalue weighted by atomic mass is 32.2. The van der Waals surface area contributed by atoms with Crippen LogP contribution in [0.15, 0.2) is 60.7 Å². The van der Waals surface area contributed by atoms with Crippen LogP contribution in [0.3, 0.4) is 0 Å². The van der Waals surface area contributed by atoms with Gasteiger partial charge in [-0.15, -0.1) is 0 Å². The van der Waals surface area contributed by atoms with Gasteiger partial charge < -0.3 is 18.8 Å². The molecule has 2 aromatic rings. The summed E-state index contributed by atoms with van der Waals surface area (Å²) in [6.07, 6.45) is 40.6. The molecule has 0 bridgehead atoms. The van der Waals surface area contributed by atoms with E-state index in [9.17, 15) is 9.59 Å². The smallest absolute Gasteiger partial charge is 0.306 e. The molecule has 2 unspecified atom stereocenters. The quantitative estimate of drug-likeness (QED) is 0.0369. The Morgan fingerprint density at radius 1 is 0.553 bits per heavy atom. The number of carbonyl (C=O) groups excluding carboxylic acids is 2. The van der Waals surface area contributed by atoms with E-state index in [-0.39, 0.29) is 29.2 Å². The van der Waals surface area contributed by atoms with Crippen LogP contribution >= 0.6 is 23.5 Å². The minimum atomic E-state index is -2.55. The highest BCUT2D eigenvalue weighted by molar-refractivity contribution is 7.99. The first kappa shape index (κ1) is 66.7. The van der Waals surface area contributed by atoms with E-state index in [1.54, 1.807) is 0 Å². The average molecular weight is 1110 g/mol. The van der Waals surface area contributed by atoms with E-state index in [2.05, 4.69) is 107 Å². The van der Waals surface area contributed by atoms with Gasteiger partial charge in [-0.25, -0.2) is 0 Å². The topological polar surface area (TPSA) is 65.1 Å². The Bertz CT molecular complexity index is 1610. The van der Waals surface area contributed by atoms with Crippen molar-refractivity contribution < 1.29 is 23.5 Å². The number of thioether (sulfide) groups is 2. The lowest BCUT2D eigenvalue weighted by atomic mass is 9.86. The second kappa shape index (κ2) is 41.2. The maximum Gasteiger partial charge on any atom is 0.306 e. The van der Waals surface area contributed by atoms with E-state index in [1.165, 1.54) is 164 Å². The number of hydrogen-bond acceptors (Lipinski definition) is 8. The number of esters is 2. The molecule has 2 aromatic carbocycles. The summed E-state index contributed by atoms with van der Waals surface area (Å²) in [5.74, 6) is 5.71. The molecule has 434 valence electrons. The summed E-state index contributed by atoms with van der Waals surface area (Å²) < 4.78 is 19.7. The van der Waals surface area contributed by atoms with Gasteiger partial charge >= 0.3 is 11.9 Å². The lowest BCUT2D eigenvalue weighted by Crippen LogP contribution is -2.66. The molecule has 2 aliphatic carbocycles. The minimum absolute atomic E-state index is 0.0135. The molecule has 2 fully saturated rings. The SMILES string of the molecule is CCCCCCC(CSCCCCCC(CCCCCSCC(CCCCCC)OC(=O)CCC1CCCCC1)N(CC)CCCCO[Si](c1ccccc1)(c1ccccc1)C(C)(C)C)OC(=O)CCC1CCCCC1. The fraction of sp³-hybridized carbons (Fsp3) is 0.791. The molecule has 2 saturated carbocycles. The predicted molar refractivity (Wildman–Crippen MR) is 334 cm³/mol. The van der Waals surface area contributed by atoms with Crippen LogP contribution in [0.25, 0.3) is 0 Å². The Hall–Kier alpha value is -1.78. The Morgan fingerprint density at radius 3 is 1.41 bits per heavy atom. The molecule has 9 heteroatoms. The summed E-state index contributed by atoms with van der Waals surface area (Å²) in [4.78, 5) is 28.9. The van der Waals surface area contributed by atoms with Crippen molar-refractivity contribution in [1.82, 2.24) is 4.90 Å². The highest BCUT2D eigenvalue weighted by Gasteiger charge is 2.50. The van der Waals surface area contributed by atoms with Crippen LogP contribution in [0.5, 0.6) is 0 Å². The van der Waals surface area contributed by atoms with Crippen LogP contribution in [0.2, 0.25) is 5.04 Å². The standard InChI is InChI=1S/C67H115NO5S2Si/c1-7-10-12-26-42-61(72-65(69)50-48-58-36-20-14-21-37-58)56-74-54-34-18-24-40-60(41-25-19-35-55-75-57-62(43-27-13-11-8-2)73-66(70)51-49-59-38-22-15-23-39-59)68(9-3)52-32-33-53-71-76(67(4,5)6,63-44-28-16-29-45-63)64-46-30-17-31-47-64/h16-17,28-31,44-47,58-62H,7-15,18-27,32-43,48-57H2,1-6H3. The zero-order valence-electron chi connectivity index (χ0n) is 50.0. The summed E-state index contributed by atoms with van der Waals surface area (Å²) in [6, 6.07) is 22.8. The third kappa shape index (κ3) is 27.1. The van der Waals surface area contributed by atoms with E-state index in [1.807, 2.05) is 23.5 Å². The fourth-order valence-corrected chi connectivity index (χ4v) is 19.2. The van der Waals surface area contributed by atoms with E-state index < -0.39 is 8.32 Å². The third-order valence-corrected chi connectivity index (χ3v) is 24.5. The molecule has 0 aliphatic heterocycles. The molecular weight excluding hydrogens is 991 g/mol. The molecule has 0 saturated heterocycles. The van der Waals surface area contributed by atoms with Crippen LogP contribution in [0, 0.1) is 11.8 Å². The van der Waals surface area contributed by atoms with Gasteiger partial charge in [0.15, 0.2) is 0 Å². The summed E-state index contributed by atoms with van der Waals surface area (Å²) in [7, 11) is -2.55. The minimum Gasteiger partial charge on any atom is -0.461 e. The number of ether oxygens (including phenoxy) is 2. The van der Waals surface area contributed by atoms with Crippen molar-refractivity contribution in [2.75, 3.05) is 42.7 Å². The lowest BCUT2D eigenvalue weighted by molar-refractivity contribution is -0.149. The van der Waals surface area contributed by atoms with Crippen molar-refractivity contribution in [3.05, 3.63) is 60.7 Å². The molecule has 4 rings (SSSR count). The van der Waals surface area contributed by atoms with Crippen LogP contribution in [-0.2, 0) is 23.5 Å². The van der Waals surface area contributed by atoms with Crippen LogP contribution < -0.4 is 10.4 Å². The van der Waals surface area contributed by atoms with Crippen molar-refractivity contribution in [2.45, 2.75) is 283 Å². The summed E-state index contributed by atoms with van der Waals surface area (Å²) in [6.45, 7) is 17.0. The number of hydrogen-bond donors (Lipinski definition) is 0. The van der Waals surface area contributed by atoms with E-state index in [0.717, 1.165) is 106 Å². The monoisotopic (exact) mass is 1110 g/mol. The maximum absolute atomic E-state index is 13.0. The van der Waals surface area contributed by atoms with Gasteiger partial charge in [-0.05, 0) is 129 Å². The molecular formula is C67H115NO5S2Si. The molecule has 0 heterocycles. The summed E-state index contributed by atoms with van der Waals surface area (Å²) >= 11 is 4.03. The van der Waals surface area contributed by atoms with E-state index in [4.69, 9.17) is 13.9 Å². The van der Waals surface area contributed by atoms with Crippen molar-refractivity contribution in [1.29, 1.82) is 0 Å². The number of carbonyl (C=O) groups is 2. The maximum atomic E-state index is 13.0.